The van der Waals surface area contributed by atoms with Crippen LogP contribution in [0.25, 0.3) is 0 Å². The molecular formula is C8H11NO3S2. The number of nitrogens with zero attached hydrogens (tertiary/aromatic N) is 1. The SMILES string of the molecule is CC[C@@H]1SC(=S)N(CCC(=O)O)C1=O. The molecule has 0 aromatic rings. The van der Waals surface area contributed by atoms with Gasteiger partial charge in [-0.1, -0.05) is 30.9 Å². The molecule has 1 amide bonds. The Labute approximate surface area is 91.6 Å². The fourth-order valence-corrected chi connectivity index (χ4v) is 2.64. The van der Waals surface area contributed by atoms with Crippen LogP contribution >= 0.6 is 24.0 Å². The van der Waals surface area contributed by atoms with E-state index in [0.29, 0.717) is 4.32 Å². The highest BCUT2D eigenvalue weighted by Crippen LogP contribution is 2.29. The highest BCUT2D eigenvalue weighted by Gasteiger charge is 2.35. The normalized spacial score (nSPS) is 21.8. The van der Waals surface area contributed by atoms with Crippen LogP contribution in [-0.4, -0.2) is 38.0 Å². The number of thiocarbonyl (C=S) groups is 1. The van der Waals surface area contributed by atoms with Crippen molar-refractivity contribution in [1.82, 2.24) is 4.90 Å². The Kier molecular flexibility index (Phi) is 3.88. The van der Waals surface area contributed by atoms with Crippen molar-refractivity contribution < 1.29 is 14.7 Å². The third-order valence-corrected chi connectivity index (χ3v) is 3.68. The van der Waals surface area contributed by atoms with E-state index < -0.39 is 5.97 Å². The van der Waals surface area contributed by atoms with Gasteiger partial charge in [-0.25, -0.2) is 0 Å². The first-order valence-corrected chi connectivity index (χ1v) is 5.58. The van der Waals surface area contributed by atoms with Crippen LogP contribution in [0, 0.1) is 0 Å². The summed E-state index contributed by atoms with van der Waals surface area (Å²) in [5.41, 5.74) is 0. The Balaban J connectivity index is 2.56. The summed E-state index contributed by atoms with van der Waals surface area (Å²) in [6.45, 7) is 2.11. The van der Waals surface area contributed by atoms with Crippen LogP contribution in [0.3, 0.4) is 0 Å². The molecule has 0 bridgehead atoms. The zero-order chi connectivity index (χ0) is 10.7. The van der Waals surface area contributed by atoms with Gasteiger partial charge in [-0.05, 0) is 6.42 Å². The standard InChI is InChI=1S/C8H11NO3S2/c1-2-5-7(12)9(8(13)14-5)4-3-6(10)11/h5H,2-4H2,1H3,(H,10,11)/t5-/m0/s1. The van der Waals surface area contributed by atoms with Gasteiger partial charge in [0.15, 0.2) is 0 Å². The molecule has 0 unspecified atom stereocenters. The maximum atomic E-state index is 11.6. The molecule has 6 heteroatoms. The molecule has 0 aromatic heterocycles. The van der Waals surface area contributed by atoms with Crippen LogP contribution < -0.4 is 0 Å². The molecule has 1 saturated heterocycles. The molecule has 1 heterocycles. The maximum absolute atomic E-state index is 11.6. The molecule has 0 spiro atoms. The molecule has 1 aliphatic rings. The molecule has 1 rings (SSSR count). The molecule has 1 atom stereocenters. The van der Waals surface area contributed by atoms with Gasteiger partial charge in [0.2, 0.25) is 5.91 Å². The molecule has 78 valence electrons. The largest absolute Gasteiger partial charge is 0.481 e. The van der Waals surface area contributed by atoms with E-state index in [1.54, 1.807) is 0 Å². The quantitative estimate of drug-likeness (QED) is 0.737. The highest BCUT2D eigenvalue weighted by atomic mass is 32.2. The third-order valence-electron chi connectivity index (χ3n) is 1.92. The Morgan fingerprint density at radius 1 is 1.71 bits per heavy atom. The number of hydrogen-bond acceptors (Lipinski definition) is 4. The monoisotopic (exact) mass is 233 g/mol. The van der Waals surface area contributed by atoms with Gasteiger partial charge >= 0.3 is 5.97 Å². The average molecular weight is 233 g/mol. The lowest BCUT2D eigenvalue weighted by Gasteiger charge is -2.13. The Morgan fingerprint density at radius 3 is 2.79 bits per heavy atom. The smallest absolute Gasteiger partial charge is 0.305 e. The zero-order valence-electron chi connectivity index (χ0n) is 7.73. The predicted molar refractivity (Wildman–Crippen MR) is 58.2 cm³/mol. The summed E-state index contributed by atoms with van der Waals surface area (Å²) in [6.07, 6.45) is 0.677. The topological polar surface area (TPSA) is 57.6 Å². The van der Waals surface area contributed by atoms with Crippen LogP contribution in [0.2, 0.25) is 0 Å². The van der Waals surface area contributed by atoms with E-state index >= 15 is 0 Å². The molecular weight excluding hydrogens is 222 g/mol. The second kappa shape index (κ2) is 4.75. The van der Waals surface area contributed by atoms with E-state index in [2.05, 4.69) is 0 Å². The van der Waals surface area contributed by atoms with Crippen molar-refractivity contribution in [2.24, 2.45) is 0 Å². The van der Waals surface area contributed by atoms with E-state index in [-0.39, 0.29) is 24.1 Å². The van der Waals surface area contributed by atoms with Crippen LogP contribution in [-0.2, 0) is 9.59 Å². The fourth-order valence-electron chi connectivity index (χ4n) is 1.17. The molecule has 1 fully saturated rings. The summed E-state index contributed by atoms with van der Waals surface area (Å²) >= 11 is 6.34. The maximum Gasteiger partial charge on any atom is 0.305 e. The van der Waals surface area contributed by atoms with Gasteiger partial charge < -0.3 is 5.11 Å². The van der Waals surface area contributed by atoms with Gasteiger partial charge in [-0.3, -0.25) is 14.5 Å². The van der Waals surface area contributed by atoms with E-state index in [1.165, 1.54) is 16.7 Å². The molecule has 4 nitrogen and oxygen atoms in total. The molecule has 0 aromatic carbocycles. The van der Waals surface area contributed by atoms with Gasteiger partial charge in [-0.2, -0.15) is 0 Å². The van der Waals surface area contributed by atoms with Crippen molar-refractivity contribution in [3.05, 3.63) is 0 Å². The first-order valence-electron chi connectivity index (χ1n) is 4.30. The average Bonchev–Trinajstić information content (AvgIpc) is 2.39. The number of rotatable bonds is 4. The van der Waals surface area contributed by atoms with Crippen molar-refractivity contribution in [3.8, 4) is 0 Å². The van der Waals surface area contributed by atoms with Crippen molar-refractivity contribution in [2.45, 2.75) is 25.0 Å². The molecule has 14 heavy (non-hydrogen) atoms. The molecule has 0 aliphatic carbocycles. The van der Waals surface area contributed by atoms with Gasteiger partial charge in [0.05, 0.1) is 11.7 Å². The number of carbonyl (C=O) groups is 2. The summed E-state index contributed by atoms with van der Waals surface area (Å²) in [6, 6.07) is 0. The molecule has 0 radical (unpaired) electrons. The second-order valence-electron chi connectivity index (χ2n) is 2.91. The number of hydrogen-bond donors (Lipinski definition) is 1. The van der Waals surface area contributed by atoms with Gasteiger partial charge in [0.1, 0.15) is 4.32 Å². The number of carbonyl (C=O) groups excluding carboxylic acids is 1. The lowest BCUT2D eigenvalue weighted by molar-refractivity contribution is -0.137. The predicted octanol–water partition coefficient (Wildman–Crippen LogP) is 1.10. The first-order chi connectivity index (χ1) is 6.56. The first kappa shape index (κ1) is 11.5. The minimum Gasteiger partial charge on any atom is -0.481 e. The summed E-state index contributed by atoms with van der Waals surface area (Å²) < 4.78 is 0.503. The number of carboxylic acids is 1. The Bertz CT molecular complexity index is 280. The third kappa shape index (κ3) is 2.45. The summed E-state index contributed by atoms with van der Waals surface area (Å²) in [5.74, 6) is -0.964. The van der Waals surface area contributed by atoms with E-state index in [9.17, 15) is 9.59 Å². The molecule has 0 saturated carbocycles. The van der Waals surface area contributed by atoms with Crippen molar-refractivity contribution in [1.29, 1.82) is 0 Å². The van der Waals surface area contributed by atoms with E-state index in [1.807, 2.05) is 6.92 Å². The summed E-state index contributed by atoms with van der Waals surface area (Å²) in [7, 11) is 0. The lowest BCUT2D eigenvalue weighted by Crippen LogP contribution is -2.33. The van der Waals surface area contributed by atoms with Crippen LogP contribution in [0.4, 0.5) is 0 Å². The van der Waals surface area contributed by atoms with Crippen molar-refractivity contribution in [3.63, 3.8) is 0 Å². The number of aliphatic carboxylic acids is 1. The second-order valence-corrected chi connectivity index (χ2v) is 4.75. The zero-order valence-corrected chi connectivity index (χ0v) is 9.36. The Hall–Kier alpha value is -0.620. The van der Waals surface area contributed by atoms with E-state index in [4.69, 9.17) is 17.3 Å². The van der Waals surface area contributed by atoms with Gasteiger partial charge in [0.25, 0.3) is 0 Å². The molecule has 1 aliphatic heterocycles. The van der Waals surface area contributed by atoms with E-state index in [0.717, 1.165) is 6.42 Å². The summed E-state index contributed by atoms with van der Waals surface area (Å²) in [4.78, 5) is 23.3. The van der Waals surface area contributed by atoms with Crippen LogP contribution in [0.1, 0.15) is 19.8 Å². The number of thioether (sulfide) groups is 1. The van der Waals surface area contributed by atoms with Crippen molar-refractivity contribution >= 4 is 40.2 Å². The number of carboxylic acid groups (broad SMARTS) is 1. The minimum atomic E-state index is -0.912. The lowest BCUT2D eigenvalue weighted by atomic mass is 10.3. The van der Waals surface area contributed by atoms with Gasteiger partial charge in [0, 0.05) is 6.54 Å². The van der Waals surface area contributed by atoms with Crippen molar-refractivity contribution in [2.75, 3.05) is 6.54 Å². The Morgan fingerprint density at radius 2 is 2.36 bits per heavy atom. The van der Waals surface area contributed by atoms with Crippen LogP contribution in [0.15, 0.2) is 0 Å². The van der Waals surface area contributed by atoms with Crippen LogP contribution in [0.5, 0.6) is 0 Å². The molecule has 1 N–H and O–H groups in total. The highest BCUT2D eigenvalue weighted by molar-refractivity contribution is 8.24. The summed E-state index contributed by atoms with van der Waals surface area (Å²) in [5, 5.41) is 8.37. The fraction of sp³-hybridized carbons (Fsp3) is 0.625. The minimum absolute atomic E-state index is 0.0521. The van der Waals surface area contributed by atoms with Gasteiger partial charge in [-0.15, -0.1) is 0 Å². The number of amides is 1.